The molecule has 13 N–H and O–H groups in total. The van der Waals surface area contributed by atoms with Gasteiger partial charge in [-0.25, -0.2) is 4.79 Å². The fourth-order valence-electron chi connectivity index (χ4n) is 3.58. The van der Waals surface area contributed by atoms with Crippen LogP contribution in [0.25, 0.3) is 0 Å². The average Bonchev–Trinajstić information content (AvgIpc) is 2.98. The number of carbonyl (C=O) groups is 7. The molecule has 0 radical (unpaired) electrons. The van der Waals surface area contributed by atoms with Crippen LogP contribution >= 0.6 is 0 Å². The number of aliphatic carboxylic acids is 1. The van der Waals surface area contributed by atoms with E-state index in [0.717, 1.165) is 0 Å². The minimum Gasteiger partial charge on any atom is -0.480 e. The predicted octanol–water partition coefficient (Wildman–Crippen LogP) is -5.67. The highest BCUT2D eigenvalue weighted by Crippen LogP contribution is 2.06. The number of hydrogen-bond donors (Lipinski definition) is 11. The third-order valence-corrected chi connectivity index (χ3v) is 6.07. The van der Waals surface area contributed by atoms with Gasteiger partial charge in [-0.1, -0.05) is 30.3 Å². The minimum atomic E-state index is -1.71. The van der Waals surface area contributed by atoms with Crippen LogP contribution in [-0.4, -0.2) is 118 Å². The first-order valence-corrected chi connectivity index (χ1v) is 13.4. The molecule has 0 heterocycles. The van der Waals surface area contributed by atoms with Gasteiger partial charge in [-0.05, 0) is 18.9 Å². The van der Waals surface area contributed by atoms with Crippen LogP contribution in [0.15, 0.2) is 30.3 Å². The second kappa shape index (κ2) is 18.8. The lowest BCUT2D eigenvalue weighted by molar-refractivity contribution is -0.143. The van der Waals surface area contributed by atoms with Gasteiger partial charge in [0.2, 0.25) is 35.4 Å². The highest BCUT2D eigenvalue weighted by molar-refractivity contribution is 5.96. The Bertz CT molecular complexity index is 1170. The van der Waals surface area contributed by atoms with Gasteiger partial charge in [0, 0.05) is 12.8 Å². The van der Waals surface area contributed by atoms with Crippen LogP contribution in [0.4, 0.5) is 0 Å². The number of amides is 6. The van der Waals surface area contributed by atoms with E-state index in [4.69, 9.17) is 16.6 Å². The SMILES string of the molecule is C[C@H](N)C(=O)N[C@@H](CO)C(=O)N[C@@H](CCC(N)=O)C(=O)N[C@@H](CO)C(=O)N[C@@H](Cc1ccccc1)C(=O)N[C@@H](CO)C(=O)O. The molecule has 0 unspecified atom stereocenters. The summed E-state index contributed by atoms with van der Waals surface area (Å²) in [6.45, 7) is -1.48. The Morgan fingerprint density at radius 2 is 1.07 bits per heavy atom. The van der Waals surface area contributed by atoms with E-state index in [9.17, 15) is 48.9 Å². The molecule has 0 aliphatic heterocycles. The molecule has 0 saturated carbocycles. The number of rotatable bonds is 19. The number of primary amides is 1. The summed E-state index contributed by atoms with van der Waals surface area (Å²) in [5, 5.41) is 48.8. The molecule has 0 bridgehead atoms. The molecule has 6 atom stereocenters. The Kier molecular flexibility index (Phi) is 16.0. The fourth-order valence-corrected chi connectivity index (χ4v) is 3.58. The Hall–Kier alpha value is -4.65. The van der Waals surface area contributed by atoms with E-state index in [1.54, 1.807) is 30.3 Å². The molecule has 18 heteroatoms. The fraction of sp³-hybridized carbons (Fsp3) is 0.500. The quantitative estimate of drug-likeness (QED) is 0.0685. The second-order valence-corrected chi connectivity index (χ2v) is 9.68. The zero-order valence-electron chi connectivity index (χ0n) is 23.9. The molecule has 6 amide bonds. The first-order chi connectivity index (χ1) is 20.7. The van der Waals surface area contributed by atoms with E-state index >= 15 is 0 Å². The van der Waals surface area contributed by atoms with Crippen LogP contribution in [0.5, 0.6) is 0 Å². The maximum absolute atomic E-state index is 13.1. The van der Waals surface area contributed by atoms with Crippen molar-refractivity contribution in [3.05, 3.63) is 35.9 Å². The van der Waals surface area contributed by atoms with Gasteiger partial charge in [-0.15, -0.1) is 0 Å². The molecular weight excluding hydrogens is 586 g/mol. The highest BCUT2D eigenvalue weighted by Gasteiger charge is 2.32. The first-order valence-electron chi connectivity index (χ1n) is 13.4. The maximum Gasteiger partial charge on any atom is 0.328 e. The summed E-state index contributed by atoms with van der Waals surface area (Å²) < 4.78 is 0. The van der Waals surface area contributed by atoms with E-state index in [-0.39, 0.29) is 12.8 Å². The van der Waals surface area contributed by atoms with Crippen molar-refractivity contribution in [2.24, 2.45) is 11.5 Å². The molecule has 1 aromatic carbocycles. The molecule has 0 saturated heterocycles. The van der Waals surface area contributed by atoms with Crippen LogP contribution in [0, 0.1) is 0 Å². The van der Waals surface area contributed by atoms with E-state index in [1.165, 1.54) is 6.92 Å². The molecule has 0 aliphatic rings. The summed E-state index contributed by atoms with van der Waals surface area (Å²) in [6, 6.07) is -0.647. The summed E-state index contributed by atoms with van der Waals surface area (Å²) in [4.78, 5) is 86.2. The van der Waals surface area contributed by atoms with Crippen molar-refractivity contribution in [2.75, 3.05) is 19.8 Å². The standard InChI is InChI=1S/C26H39N7O11/c1-13(27)21(38)31-17(10-34)24(41)29-15(7-8-20(28)37)22(39)32-18(11-35)25(42)30-16(9-14-5-3-2-4-6-14)23(40)33-19(12-36)26(43)44/h2-6,13,15-19,34-36H,7-12,27H2,1H3,(H2,28,37)(H,29,41)(H,30,42)(H,31,38)(H,32,39)(H,33,40)(H,43,44)/t13-,15-,16-,17-,18-,19-/m0/s1. The molecule has 44 heavy (non-hydrogen) atoms. The lowest BCUT2D eigenvalue weighted by atomic mass is 10.0. The highest BCUT2D eigenvalue weighted by atomic mass is 16.4. The van der Waals surface area contributed by atoms with Gasteiger partial charge in [0.05, 0.1) is 25.9 Å². The molecule has 18 nitrogen and oxygen atoms in total. The third kappa shape index (κ3) is 12.7. The van der Waals surface area contributed by atoms with Gasteiger partial charge < -0.3 is 58.5 Å². The van der Waals surface area contributed by atoms with Crippen molar-refractivity contribution in [1.82, 2.24) is 26.6 Å². The Morgan fingerprint density at radius 3 is 1.52 bits per heavy atom. The van der Waals surface area contributed by atoms with Gasteiger partial charge in [0.15, 0.2) is 0 Å². The number of benzene rings is 1. The number of carboxylic acid groups (broad SMARTS) is 1. The van der Waals surface area contributed by atoms with Gasteiger partial charge in [-0.3, -0.25) is 28.8 Å². The predicted molar refractivity (Wildman–Crippen MR) is 151 cm³/mol. The molecule has 0 fully saturated rings. The summed E-state index contributed by atoms with van der Waals surface area (Å²) in [7, 11) is 0. The monoisotopic (exact) mass is 625 g/mol. The molecule has 0 spiro atoms. The number of aliphatic hydroxyl groups is 3. The Morgan fingerprint density at radius 1 is 0.659 bits per heavy atom. The summed E-state index contributed by atoms with van der Waals surface area (Å²) in [5.74, 6) is -7.32. The number of carbonyl (C=O) groups excluding carboxylic acids is 6. The van der Waals surface area contributed by atoms with E-state index < -0.39 is 104 Å². The molecule has 1 aromatic rings. The van der Waals surface area contributed by atoms with Gasteiger partial charge in [-0.2, -0.15) is 0 Å². The van der Waals surface area contributed by atoms with E-state index in [0.29, 0.717) is 5.56 Å². The van der Waals surface area contributed by atoms with Crippen molar-refractivity contribution in [2.45, 2.75) is 62.4 Å². The van der Waals surface area contributed by atoms with E-state index in [1.807, 2.05) is 0 Å². The Balaban J connectivity index is 3.13. The molecule has 0 aromatic heterocycles. The third-order valence-electron chi connectivity index (χ3n) is 6.07. The molecule has 1 rings (SSSR count). The molecule has 0 aliphatic carbocycles. The average molecular weight is 626 g/mol. The second-order valence-electron chi connectivity index (χ2n) is 9.68. The smallest absolute Gasteiger partial charge is 0.328 e. The van der Waals surface area contributed by atoms with Crippen LogP contribution in [-0.2, 0) is 40.0 Å². The van der Waals surface area contributed by atoms with Gasteiger partial charge in [0.1, 0.15) is 30.2 Å². The zero-order valence-corrected chi connectivity index (χ0v) is 23.9. The maximum atomic E-state index is 13.1. The normalized spacial score (nSPS) is 14.8. The zero-order chi connectivity index (χ0) is 33.4. The summed E-state index contributed by atoms with van der Waals surface area (Å²) in [6.07, 6.45) is -0.919. The number of carboxylic acids is 1. The number of aliphatic hydroxyl groups excluding tert-OH is 3. The topological polar surface area (TPSA) is 313 Å². The van der Waals surface area contributed by atoms with Crippen molar-refractivity contribution in [1.29, 1.82) is 0 Å². The lowest BCUT2D eigenvalue weighted by Crippen LogP contribution is -2.60. The van der Waals surface area contributed by atoms with Crippen molar-refractivity contribution in [3.63, 3.8) is 0 Å². The summed E-state index contributed by atoms with van der Waals surface area (Å²) in [5.41, 5.74) is 11.1. The number of nitrogens with two attached hydrogens (primary N) is 2. The van der Waals surface area contributed by atoms with Crippen molar-refractivity contribution >= 4 is 41.4 Å². The summed E-state index contributed by atoms with van der Waals surface area (Å²) >= 11 is 0. The van der Waals surface area contributed by atoms with Crippen LogP contribution < -0.4 is 38.1 Å². The molecule has 244 valence electrons. The van der Waals surface area contributed by atoms with Gasteiger partial charge >= 0.3 is 5.97 Å². The number of hydrogen-bond acceptors (Lipinski definition) is 11. The first kappa shape index (κ1) is 37.4. The van der Waals surface area contributed by atoms with Crippen molar-refractivity contribution in [3.8, 4) is 0 Å². The van der Waals surface area contributed by atoms with Crippen LogP contribution in [0.3, 0.4) is 0 Å². The van der Waals surface area contributed by atoms with Crippen molar-refractivity contribution < 1.29 is 54.0 Å². The Labute approximate surface area is 251 Å². The largest absolute Gasteiger partial charge is 0.480 e. The van der Waals surface area contributed by atoms with Crippen LogP contribution in [0.1, 0.15) is 25.3 Å². The van der Waals surface area contributed by atoms with Crippen LogP contribution in [0.2, 0.25) is 0 Å². The molecular formula is C26H39N7O11. The minimum absolute atomic E-state index is 0.144. The van der Waals surface area contributed by atoms with E-state index in [2.05, 4.69) is 26.6 Å². The van der Waals surface area contributed by atoms with Gasteiger partial charge in [0.25, 0.3) is 0 Å². The number of nitrogens with one attached hydrogen (secondary N) is 5. The lowest BCUT2D eigenvalue weighted by Gasteiger charge is -2.26.